The summed E-state index contributed by atoms with van der Waals surface area (Å²) in [6.45, 7) is 0.267. The Morgan fingerprint density at radius 1 is 1.31 bits per heavy atom. The van der Waals surface area contributed by atoms with E-state index in [0.29, 0.717) is 22.3 Å². The number of esters is 1. The molecule has 8 heteroatoms. The first kappa shape index (κ1) is 19.8. The van der Waals surface area contributed by atoms with Gasteiger partial charge in [0, 0.05) is 18.3 Å². The second-order valence-corrected chi connectivity index (χ2v) is 8.21. The third-order valence-electron chi connectivity index (χ3n) is 4.37. The van der Waals surface area contributed by atoms with Gasteiger partial charge in [-0.25, -0.2) is 9.78 Å². The summed E-state index contributed by atoms with van der Waals surface area (Å²) in [6.07, 6.45) is 9.41. The molecule has 4 rings (SSSR count). The maximum Gasteiger partial charge on any atom is 0.337 e. The van der Waals surface area contributed by atoms with E-state index in [1.807, 2.05) is 18.4 Å². The molecule has 1 aromatic carbocycles. The molecule has 1 aromatic heterocycles. The molecule has 150 valence electrons. The highest BCUT2D eigenvalue weighted by molar-refractivity contribution is 8.00. The Morgan fingerprint density at radius 2 is 2.10 bits per heavy atom. The van der Waals surface area contributed by atoms with Crippen LogP contribution in [0, 0.1) is 0 Å². The van der Waals surface area contributed by atoms with Crippen LogP contribution < -0.4 is 4.74 Å². The molecule has 0 spiro atoms. The molecular weight excluding hydrogens is 412 g/mol. The molecule has 1 aliphatic carbocycles. The molecule has 1 atom stereocenters. The third kappa shape index (κ3) is 5.10. The number of nitrogens with zero attached hydrogens (tertiary/aromatic N) is 2. The number of aliphatic imine (C=N–C) groups is 1. The Labute approximate surface area is 177 Å². The smallest absolute Gasteiger partial charge is 0.337 e. The lowest BCUT2D eigenvalue weighted by atomic mass is 10.2. The molecule has 1 unspecified atom stereocenters. The maximum atomic E-state index is 11.5. The van der Waals surface area contributed by atoms with Crippen molar-refractivity contribution in [3.63, 3.8) is 0 Å². The van der Waals surface area contributed by atoms with Crippen LogP contribution in [0.15, 0.2) is 62.2 Å². The zero-order chi connectivity index (χ0) is 20.2. The average molecular weight is 431 g/mol. The molecular formula is C21H19ClN2O4S. The Bertz CT molecular complexity index is 977. The van der Waals surface area contributed by atoms with E-state index in [9.17, 15) is 4.79 Å². The standard InChI is InChI=1S/C21H19ClN2O4S/c1-26-20(25)14-4-7-16(8-5-14)27-12-18-21(28-19(24-18)13-2-3-13)29-17-9-6-15(22)10-23-11-17/h4-11,13,17H,2-3,12H2,1H3. The molecule has 1 fully saturated rings. The number of benzene rings is 1. The lowest BCUT2D eigenvalue weighted by Gasteiger charge is -2.07. The molecule has 2 aromatic rings. The van der Waals surface area contributed by atoms with E-state index in [2.05, 4.69) is 9.98 Å². The summed E-state index contributed by atoms with van der Waals surface area (Å²) in [5, 5.41) is 1.29. The van der Waals surface area contributed by atoms with Crippen molar-refractivity contribution >= 4 is 35.5 Å². The van der Waals surface area contributed by atoms with Crippen LogP contribution in [0.3, 0.4) is 0 Å². The van der Waals surface area contributed by atoms with Crippen molar-refractivity contribution in [2.75, 3.05) is 7.11 Å². The highest BCUT2D eigenvalue weighted by atomic mass is 35.5. The van der Waals surface area contributed by atoms with E-state index in [1.165, 1.54) is 18.9 Å². The molecule has 6 nitrogen and oxygen atoms in total. The number of hydrogen-bond acceptors (Lipinski definition) is 7. The number of aromatic nitrogens is 1. The number of halogens is 1. The molecule has 1 aliphatic heterocycles. The van der Waals surface area contributed by atoms with Gasteiger partial charge in [-0.05, 0) is 43.2 Å². The van der Waals surface area contributed by atoms with Gasteiger partial charge in [0.25, 0.3) is 0 Å². The van der Waals surface area contributed by atoms with Crippen molar-refractivity contribution in [2.24, 2.45) is 4.99 Å². The van der Waals surface area contributed by atoms with Crippen molar-refractivity contribution in [1.82, 2.24) is 4.98 Å². The first-order valence-electron chi connectivity index (χ1n) is 9.17. The molecule has 0 N–H and O–H groups in total. The van der Waals surface area contributed by atoms with Gasteiger partial charge in [0.2, 0.25) is 0 Å². The van der Waals surface area contributed by atoms with E-state index in [4.69, 9.17) is 25.5 Å². The fraction of sp³-hybridized carbons (Fsp3) is 0.286. The summed E-state index contributed by atoms with van der Waals surface area (Å²) in [5.74, 6) is 1.42. The number of carbonyl (C=O) groups is 1. The molecule has 2 heterocycles. The van der Waals surface area contributed by atoms with Gasteiger partial charge >= 0.3 is 5.97 Å². The fourth-order valence-electron chi connectivity index (χ4n) is 2.67. The number of rotatable bonds is 7. The topological polar surface area (TPSA) is 73.9 Å². The number of thioether (sulfide) groups is 1. The van der Waals surface area contributed by atoms with Gasteiger partial charge in [-0.2, -0.15) is 0 Å². The second-order valence-electron chi connectivity index (χ2n) is 6.62. The Morgan fingerprint density at radius 3 is 2.83 bits per heavy atom. The molecule has 1 saturated carbocycles. The van der Waals surface area contributed by atoms with Gasteiger partial charge < -0.3 is 13.9 Å². The number of allylic oxidation sites excluding steroid dienone is 2. The van der Waals surface area contributed by atoms with Crippen LogP contribution in [0.2, 0.25) is 0 Å². The molecule has 29 heavy (non-hydrogen) atoms. The van der Waals surface area contributed by atoms with Crippen LogP contribution in [0.5, 0.6) is 5.75 Å². The lowest BCUT2D eigenvalue weighted by Crippen LogP contribution is -2.03. The van der Waals surface area contributed by atoms with E-state index >= 15 is 0 Å². The summed E-state index contributed by atoms with van der Waals surface area (Å²) < 4.78 is 16.6. The quantitative estimate of drug-likeness (QED) is 0.569. The van der Waals surface area contributed by atoms with Crippen LogP contribution in [-0.4, -0.2) is 29.5 Å². The van der Waals surface area contributed by atoms with Crippen LogP contribution in [0.25, 0.3) is 0 Å². The van der Waals surface area contributed by atoms with Gasteiger partial charge in [-0.1, -0.05) is 29.4 Å². The lowest BCUT2D eigenvalue weighted by molar-refractivity contribution is 0.0600. The van der Waals surface area contributed by atoms with Gasteiger partial charge in [0.05, 0.1) is 23.0 Å². The first-order valence-corrected chi connectivity index (χ1v) is 10.4. The van der Waals surface area contributed by atoms with Gasteiger partial charge in [-0.15, -0.1) is 0 Å². The Kier molecular flexibility index (Phi) is 6.06. The van der Waals surface area contributed by atoms with Crippen molar-refractivity contribution in [1.29, 1.82) is 0 Å². The number of ether oxygens (including phenoxy) is 2. The van der Waals surface area contributed by atoms with Crippen LogP contribution in [0.4, 0.5) is 0 Å². The maximum absolute atomic E-state index is 11.5. The van der Waals surface area contributed by atoms with Crippen LogP contribution in [0.1, 0.15) is 40.7 Å². The summed E-state index contributed by atoms with van der Waals surface area (Å²) in [7, 11) is 1.35. The number of oxazole rings is 1. The highest BCUT2D eigenvalue weighted by Crippen LogP contribution is 2.42. The Balaban J connectivity index is 1.46. The van der Waals surface area contributed by atoms with Crippen molar-refractivity contribution < 1.29 is 18.7 Å². The van der Waals surface area contributed by atoms with Crippen molar-refractivity contribution in [2.45, 2.75) is 35.7 Å². The third-order valence-corrected chi connectivity index (χ3v) is 5.68. The molecule has 0 radical (unpaired) electrons. The number of hydrogen-bond donors (Lipinski definition) is 0. The first-order chi connectivity index (χ1) is 14.1. The van der Waals surface area contributed by atoms with Crippen LogP contribution in [-0.2, 0) is 11.3 Å². The number of carbonyl (C=O) groups excluding carboxylic acids is 1. The summed E-state index contributed by atoms with van der Waals surface area (Å²) in [5.41, 5.74) is 1.22. The predicted molar refractivity (Wildman–Crippen MR) is 112 cm³/mol. The SMILES string of the molecule is COC(=O)c1ccc(OCc2nc(C3CC3)oc2SC2C=CC(Cl)=CN=C2)cc1. The monoisotopic (exact) mass is 430 g/mol. The highest BCUT2D eigenvalue weighted by Gasteiger charge is 2.31. The summed E-state index contributed by atoms with van der Waals surface area (Å²) in [4.78, 5) is 20.4. The zero-order valence-electron chi connectivity index (χ0n) is 15.7. The van der Waals surface area contributed by atoms with E-state index in [1.54, 1.807) is 30.5 Å². The summed E-state index contributed by atoms with van der Waals surface area (Å²) >= 11 is 7.52. The minimum atomic E-state index is -0.381. The van der Waals surface area contributed by atoms with Crippen LogP contribution >= 0.6 is 23.4 Å². The Hall–Kier alpha value is -2.51. The fourth-order valence-corrected chi connectivity index (χ4v) is 3.71. The molecule has 2 aliphatic rings. The van der Waals surface area contributed by atoms with Gasteiger partial charge in [-0.3, -0.25) is 4.99 Å². The normalized spacial score (nSPS) is 18.3. The second kappa shape index (κ2) is 8.88. The van der Waals surface area contributed by atoms with Crippen molar-refractivity contribution in [3.05, 3.63) is 64.8 Å². The molecule has 0 bridgehead atoms. The van der Waals surface area contributed by atoms with E-state index < -0.39 is 0 Å². The predicted octanol–water partition coefficient (Wildman–Crippen LogP) is 5.10. The minimum Gasteiger partial charge on any atom is -0.487 e. The largest absolute Gasteiger partial charge is 0.487 e. The van der Waals surface area contributed by atoms with Gasteiger partial charge in [0.15, 0.2) is 11.0 Å². The summed E-state index contributed by atoms with van der Waals surface area (Å²) in [6, 6.07) is 6.79. The minimum absolute atomic E-state index is 0.0133. The average Bonchev–Trinajstić information content (AvgIpc) is 3.54. The van der Waals surface area contributed by atoms with Crippen molar-refractivity contribution in [3.8, 4) is 5.75 Å². The number of methoxy groups -OCH3 is 1. The zero-order valence-corrected chi connectivity index (χ0v) is 17.3. The molecule has 0 saturated heterocycles. The van der Waals surface area contributed by atoms with E-state index in [-0.39, 0.29) is 17.8 Å². The molecule has 0 amide bonds. The van der Waals surface area contributed by atoms with E-state index in [0.717, 1.165) is 29.5 Å². The van der Waals surface area contributed by atoms with Gasteiger partial charge in [0.1, 0.15) is 18.1 Å².